The van der Waals surface area contributed by atoms with E-state index in [1.165, 1.54) is 22.3 Å². The number of H-pyrrole nitrogens is 1. The number of carbonyl (C=O) groups is 2. The number of nitrogens with one attached hydrogen (secondary N) is 3. The van der Waals surface area contributed by atoms with Gasteiger partial charge in [-0.1, -0.05) is 6.07 Å². The van der Waals surface area contributed by atoms with Crippen LogP contribution in [-0.4, -0.2) is 46.8 Å². The summed E-state index contributed by atoms with van der Waals surface area (Å²) in [5.74, 6) is -0.348. The van der Waals surface area contributed by atoms with Crippen LogP contribution in [0.4, 0.5) is 0 Å². The zero-order valence-electron chi connectivity index (χ0n) is 15.5. The van der Waals surface area contributed by atoms with E-state index in [-0.39, 0.29) is 0 Å². The number of thiophene rings is 1. The van der Waals surface area contributed by atoms with Gasteiger partial charge in [-0.3, -0.25) is 30.1 Å². The van der Waals surface area contributed by atoms with E-state index in [9.17, 15) is 9.59 Å². The normalized spacial score (nSPS) is 11.8. The first-order chi connectivity index (χ1) is 14.5. The molecule has 0 aliphatic rings. The smallest absolute Gasteiger partial charge is 0.269 e. The molecule has 3 aromatic heterocycles. The number of hydrogen-bond acceptors (Lipinski definition) is 8. The molecule has 152 valence electrons. The summed E-state index contributed by atoms with van der Waals surface area (Å²) in [5.41, 5.74) is 5.90. The van der Waals surface area contributed by atoms with Crippen LogP contribution < -0.4 is 10.9 Å². The summed E-state index contributed by atoms with van der Waals surface area (Å²) in [5, 5.41) is 19.7. The number of amides is 2. The molecule has 0 saturated heterocycles. The van der Waals surface area contributed by atoms with Crippen molar-refractivity contribution in [2.24, 2.45) is 0 Å². The highest BCUT2D eigenvalue weighted by Crippen LogP contribution is 2.25. The Morgan fingerprint density at radius 1 is 1.20 bits per heavy atom. The van der Waals surface area contributed by atoms with Crippen LogP contribution in [0.3, 0.4) is 0 Å². The third-order valence-corrected chi connectivity index (χ3v) is 5.41. The Morgan fingerprint density at radius 3 is 2.67 bits per heavy atom. The zero-order chi connectivity index (χ0) is 21.1. The number of benzene rings is 1. The number of hydrogen-bond donors (Lipinski definition) is 3. The third-order valence-electron chi connectivity index (χ3n) is 4.26. The molecular formula is C17H15N9O2S2. The van der Waals surface area contributed by atoms with Crippen LogP contribution in [-0.2, 0) is 4.79 Å². The van der Waals surface area contributed by atoms with Crippen molar-refractivity contribution in [1.82, 2.24) is 45.8 Å². The van der Waals surface area contributed by atoms with Gasteiger partial charge >= 0.3 is 0 Å². The molecule has 1 unspecified atom stereocenters. The molecule has 1 aromatic carbocycles. The van der Waals surface area contributed by atoms with E-state index in [0.29, 0.717) is 21.8 Å². The molecule has 3 N–H and O–H groups in total. The number of nitrogens with zero attached hydrogens (tertiary/aromatic N) is 6. The van der Waals surface area contributed by atoms with Crippen LogP contribution in [0, 0.1) is 4.77 Å². The Bertz CT molecular complexity index is 1210. The summed E-state index contributed by atoms with van der Waals surface area (Å²) >= 11 is 6.75. The van der Waals surface area contributed by atoms with Gasteiger partial charge in [0.1, 0.15) is 12.4 Å². The van der Waals surface area contributed by atoms with Crippen molar-refractivity contribution < 1.29 is 9.59 Å². The molecule has 2 amide bonds. The molecule has 0 bridgehead atoms. The van der Waals surface area contributed by atoms with Crippen molar-refractivity contribution in [3.8, 4) is 16.4 Å². The Kier molecular flexibility index (Phi) is 5.45. The van der Waals surface area contributed by atoms with Crippen LogP contribution in [0.25, 0.3) is 16.4 Å². The lowest BCUT2D eigenvalue weighted by molar-refractivity contribution is -0.124. The van der Waals surface area contributed by atoms with Crippen LogP contribution in [0.15, 0.2) is 48.1 Å². The summed E-state index contributed by atoms with van der Waals surface area (Å²) in [6, 6.07) is 9.65. The fourth-order valence-electron chi connectivity index (χ4n) is 2.70. The summed E-state index contributed by atoms with van der Waals surface area (Å²) in [6.45, 7) is 1.67. The van der Waals surface area contributed by atoms with Crippen LogP contribution >= 0.6 is 23.6 Å². The minimum absolute atomic E-state index is 0.311. The van der Waals surface area contributed by atoms with Crippen LogP contribution in [0.2, 0.25) is 0 Å². The molecule has 3 heterocycles. The summed E-state index contributed by atoms with van der Waals surface area (Å²) in [4.78, 5) is 25.8. The maximum absolute atomic E-state index is 12.6. The Hall–Kier alpha value is -3.71. The quantitative estimate of drug-likeness (QED) is 0.317. The second-order valence-corrected chi connectivity index (χ2v) is 7.45. The molecule has 30 heavy (non-hydrogen) atoms. The highest BCUT2D eigenvalue weighted by molar-refractivity contribution is 7.71. The minimum Gasteiger partial charge on any atom is -0.287 e. The van der Waals surface area contributed by atoms with Gasteiger partial charge in [0.05, 0.1) is 10.6 Å². The van der Waals surface area contributed by atoms with E-state index in [4.69, 9.17) is 12.2 Å². The first-order valence-electron chi connectivity index (χ1n) is 8.69. The standard InChI is InChI=1S/C17H15N9O2S2/c1-10(26-14(19-22-17(26)29)13-3-2-8-30-13)15(27)20-21-16(28)11-4-6-12(7-5-11)25-9-18-23-24-25/h2-10H,1H3,(H,20,27)(H,21,28)(H,22,29). The number of rotatable bonds is 5. The molecule has 0 fully saturated rings. The van der Waals surface area contributed by atoms with Gasteiger partial charge in [-0.15, -0.1) is 16.4 Å². The van der Waals surface area contributed by atoms with Crippen LogP contribution in [0.1, 0.15) is 23.3 Å². The monoisotopic (exact) mass is 441 g/mol. The highest BCUT2D eigenvalue weighted by atomic mass is 32.1. The fourth-order valence-corrected chi connectivity index (χ4v) is 3.70. The second-order valence-electron chi connectivity index (χ2n) is 6.12. The molecule has 0 aliphatic carbocycles. The lowest BCUT2D eigenvalue weighted by Gasteiger charge is -2.15. The molecule has 13 heteroatoms. The molecule has 1 atom stereocenters. The average molecular weight is 442 g/mol. The first kappa shape index (κ1) is 19.6. The van der Waals surface area contributed by atoms with E-state index in [1.807, 2.05) is 17.5 Å². The van der Waals surface area contributed by atoms with Crippen molar-refractivity contribution in [3.63, 3.8) is 0 Å². The number of hydrazine groups is 1. The number of tetrazole rings is 1. The molecule has 4 aromatic rings. The van der Waals surface area contributed by atoms with E-state index in [1.54, 1.807) is 35.8 Å². The Morgan fingerprint density at radius 2 is 2.00 bits per heavy atom. The number of aromatic amines is 1. The fraction of sp³-hybridized carbons (Fsp3) is 0.118. The number of carbonyl (C=O) groups excluding carboxylic acids is 2. The van der Waals surface area contributed by atoms with E-state index in [0.717, 1.165) is 4.88 Å². The zero-order valence-corrected chi connectivity index (χ0v) is 17.1. The van der Waals surface area contributed by atoms with Gasteiger partial charge in [0.2, 0.25) is 0 Å². The summed E-state index contributed by atoms with van der Waals surface area (Å²) in [6.07, 6.45) is 1.45. The molecule has 0 spiro atoms. The molecular weight excluding hydrogens is 426 g/mol. The van der Waals surface area contributed by atoms with Gasteiger partial charge in [0.25, 0.3) is 11.8 Å². The molecule has 0 saturated carbocycles. The van der Waals surface area contributed by atoms with E-state index < -0.39 is 17.9 Å². The number of aromatic nitrogens is 7. The van der Waals surface area contributed by atoms with Crippen molar-refractivity contribution in [2.75, 3.05) is 0 Å². The predicted molar refractivity (Wildman–Crippen MR) is 110 cm³/mol. The van der Waals surface area contributed by atoms with Gasteiger partial charge in [-0.2, -0.15) is 5.10 Å². The van der Waals surface area contributed by atoms with E-state index in [2.05, 4.69) is 36.6 Å². The van der Waals surface area contributed by atoms with Crippen LogP contribution in [0.5, 0.6) is 0 Å². The summed E-state index contributed by atoms with van der Waals surface area (Å²) in [7, 11) is 0. The lowest BCUT2D eigenvalue weighted by atomic mass is 10.2. The van der Waals surface area contributed by atoms with Crippen molar-refractivity contribution in [2.45, 2.75) is 13.0 Å². The Labute approximate surface area is 178 Å². The first-order valence-corrected chi connectivity index (χ1v) is 9.98. The van der Waals surface area contributed by atoms with Crippen molar-refractivity contribution >= 4 is 35.4 Å². The van der Waals surface area contributed by atoms with E-state index >= 15 is 0 Å². The maximum atomic E-state index is 12.6. The SMILES string of the molecule is CC(C(=O)NNC(=O)c1ccc(-n2cnnn2)cc1)n1c(-c2cccs2)n[nH]c1=S. The highest BCUT2D eigenvalue weighted by Gasteiger charge is 2.22. The maximum Gasteiger partial charge on any atom is 0.269 e. The molecule has 4 rings (SSSR count). The third kappa shape index (κ3) is 3.88. The Balaban J connectivity index is 1.42. The molecule has 0 radical (unpaired) electrons. The average Bonchev–Trinajstić information content (AvgIpc) is 3.53. The van der Waals surface area contributed by atoms with Gasteiger partial charge in [0, 0.05) is 5.56 Å². The lowest BCUT2D eigenvalue weighted by Crippen LogP contribution is -2.44. The largest absolute Gasteiger partial charge is 0.287 e. The summed E-state index contributed by atoms with van der Waals surface area (Å²) < 4.78 is 3.37. The van der Waals surface area contributed by atoms with Gasteiger partial charge in [0.15, 0.2) is 10.6 Å². The van der Waals surface area contributed by atoms with Gasteiger partial charge in [-0.05, 0) is 65.3 Å². The second kappa shape index (κ2) is 8.34. The van der Waals surface area contributed by atoms with Crippen molar-refractivity contribution in [1.29, 1.82) is 0 Å². The van der Waals surface area contributed by atoms with Crippen molar-refractivity contribution in [3.05, 3.63) is 58.4 Å². The minimum atomic E-state index is -0.698. The molecule has 11 nitrogen and oxygen atoms in total. The van der Waals surface area contributed by atoms with Gasteiger partial charge < -0.3 is 0 Å². The van der Waals surface area contributed by atoms with Gasteiger partial charge in [-0.25, -0.2) is 4.68 Å². The predicted octanol–water partition coefficient (Wildman–Crippen LogP) is 1.67. The topological polar surface area (TPSA) is 135 Å². The molecule has 0 aliphatic heterocycles.